The Morgan fingerprint density at radius 1 is 0.767 bits per heavy atom. The van der Waals surface area contributed by atoms with Gasteiger partial charge in [0.15, 0.2) is 5.78 Å². The Morgan fingerprint density at radius 2 is 1.33 bits per heavy atom. The second-order valence-electron chi connectivity index (χ2n) is 6.65. The summed E-state index contributed by atoms with van der Waals surface area (Å²) in [4.78, 5) is 25.2. The second kappa shape index (κ2) is 8.17. The molecule has 0 saturated carbocycles. The molecule has 148 valence electrons. The zero-order chi connectivity index (χ0) is 21.1. The van der Waals surface area contributed by atoms with E-state index in [4.69, 9.17) is 9.47 Å². The molecule has 0 amide bonds. The van der Waals surface area contributed by atoms with Gasteiger partial charge in [0.05, 0.1) is 7.11 Å². The van der Waals surface area contributed by atoms with E-state index in [1.165, 1.54) is 31.4 Å². The monoisotopic (exact) mass is 400 g/mol. The molecule has 0 fully saturated rings. The normalized spacial score (nSPS) is 10.6. The van der Waals surface area contributed by atoms with Crippen LogP contribution in [0.2, 0.25) is 0 Å². The van der Waals surface area contributed by atoms with Crippen LogP contribution in [-0.2, 0) is 0 Å². The van der Waals surface area contributed by atoms with Crippen molar-refractivity contribution in [3.63, 3.8) is 0 Å². The Morgan fingerprint density at radius 3 is 1.93 bits per heavy atom. The smallest absolute Gasteiger partial charge is 0.347 e. The number of hydrogen-bond donors (Lipinski definition) is 0. The van der Waals surface area contributed by atoms with E-state index >= 15 is 0 Å². The van der Waals surface area contributed by atoms with Crippen molar-refractivity contribution in [2.24, 2.45) is 0 Å². The van der Waals surface area contributed by atoms with E-state index in [1.807, 2.05) is 24.3 Å². The zero-order valence-corrected chi connectivity index (χ0v) is 16.1. The number of methoxy groups -OCH3 is 1. The maximum absolute atomic E-state index is 13.0. The Hall–Kier alpha value is -3.99. The first-order valence-electron chi connectivity index (χ1n) is 9.24. The van der Waals surface area contributed by atoms with Crippen molar-refractivity contribution in [1.82, 2.24) is 0 Å². The summed E-state index contributed by atoms with van der Waals surface area (Å²) in [5.41, 5.74) is 1.09. The van der Waals surface area contributed by atoms with Gasteiger partial charge in [-0.2, -0.15) is 0 Å². The molecule has 0 heterocycles. The summed E-state index contributed by atoms with van der Waals surface area (Å²) in [6.07, 6.45) is 0. The number of hydrogen-bond acceptors (Lipinski definition) is 4. The molecule has 0 saturated heterocycles. The molecule has 0 aliphatic heterocycles. The third-order valence-corrected chi connectivity index (χ3v) is 4.72. The van der Waals surface area contributed by atoms with Crippen LogP contribution >= 0.6 is 0 Å². The minimum absolute atomic E-state index is 0.246. The summed E-state index contributed by atoms with van der Waals surface area (Å²) >= 11 is 0. The first-order valence-corrected chi connectivity index (χ1v) is 9.24. The average molecular weight is 400 g/mol. The largest absolute Gasteiger partial charge is 0.496 e. The minimum atomic E-state index is -0.560. The van der Waals surface area contributed by atoms with Crippen molar-refractivity contribution < 1.29 is 23.5 Å². The number of ketones is 1. The van der Waals surface area contributed by atoms with E-state index in [9.17, 15) is 14.0 Å². The Labute approximate surface area is 172 Å². The van der Waals surface area contributed by atoms with Crippen molar-refractivity contribution in [2.45, 2.75) is 0 Å². The van der Waals surface area contributed by atoms with Crippen LogP contribution in [0.1, 0.15) is 26.3 Å². The van der Waals surface area contributed by atoms with Crippen molar-refractivity contribution in [1.29, 1.82) is 0 Å². The highest BCUT2D eigenvalue weighted by Gasteiger charge is 2.17. The van der Waals surface area contributed by atoms with Crippen LogP contribution in [0, 0.1) is 5.82 Å². The van der Waals surface area contributed by atoms with Crippen molar-refractivity contribution in [3.8, 4) is 11.5 Å². The molecule has 30 heavy (non-hydrogen) atoms. The lowest BCUT2D eigenvalue weighted by Crippen LogP contribution is -2.10. The van der Waals surface area contributed by atoms with Gasteiger partial charge in [-0.15, -0.1) is 0 Å². The molecule has 4 aromatic carbocycles. The second-order valence-corrected chi connectivity index (χ2v) is 6.65. The molecule has 0 bridgehead atoms. The molecule has 0 spiro atoms. The van der Waals surface area contributed by atoms with Crippen molar-refractivity contribution in [3.05, 3.63) is 107 Å². The summed E-state index contributed by atoms with van der Waals surface area (Å²) in [5.74, 6) is -0.495. The molecule has 0 aliphatic carbocycles. The van der Waals surface area contributed by atoms with E-state index in [2.05, 4.69) is 0 Å². The highest BCUT2D eigenvalue weighted by molar-refractivity contribution is 6.09. The van der Waals surface area contributed by atoms with Gasteiger partial charge in [-0.25, -0.2) is 9.18 Å². The van der Waals surface area contributed by atoms with Gasteiger partial charge in [0, 0.05) is 11.1 Å². The number of halogens is 1. The molecule has 4 rings (SSSR count). The fourth-order valence-corrected chi connectivity index (χ4v) is 3.15. The average Bonchev–Trinajstić information content (AvgIpc) is 2.78. The van der Waals surface area contributed by atoms with Gasteiger partial charge in [0.1, 0.15) is 22.9 Å². The van der Waals surface area contributed by atoms with Crippen LogP contribution in [0.15, 0.2) is 84.9 Å². The number of ether oxygens (including phenoxy) is 2. The third-order valence-electron chi connectivity index (χ3n) is 4.72. The SMILES string of the molecule is COc1cc2ccccc2cc1C(=O)Oc1ccc(C(=O)c2ccc(F)cc2)cc1. The highest BCUT2D eigenvalue weighted by atomic mass is 19.1. The fourth-order valence-electron chi connectivity index (χ4n) is 3.15. The lowest BCUT2D eigenvalue weighted by atomic mass is 10.0. The number of carbonyl (C=O) groups excluding carboxylic acids is 2. The maximum Gasteiger partial charge on any atom is 0.347 e. The number of benzene rings is 4. The van der Waals surface area contributed by atoms with E-state index in [0.717, 1.165) is 10.8 Å². The number of fused-ring (bicyclic) bond motifs is 1. The Bertz CT molecular complexity index is 1230. The predicted molar refractivity (Wildman–Crippen MR) is 112 cm³/mol. The lowest BCUT2D eigenvalue weighted by molar-refractivity contribution is 0.0731. The van der Waals surface area contributed by atoms with Crippen LogP contribution in [0.3, 0.4) is 0 Å². The summed E-state index contributed by atoms with van der Waals surface area (Å²) in [7, 11) is 1.50. The molecule has 4 aromatic rings. The van der Waals surface area contributed by atoms with Crippen LogP contribution < -0.4 is 9.47 Å². The molecular formula is C25H17FO4. The van der Waals surface area contributed by atoms with Crippen molar-refractivity contribution >= 4 is 22.5 Å². The maximum atomic E-state index is 13.0. The Kier molecular flexibility index (Phi) is 5.26. The van der Waals surface area contributed by atoms with Crippen molar-refractivity contribution in [2.75, 3.05) is 7.11 Å². The first kappa shape index (κ1) is 19.3. The number of esters is 1. The molecule has 0 unspecified atom stereocenters. The molecule has 0 aliphatic rings. The van der Waals surface area contributed by atoms with E-state index in [1.54, 1.807) is 36.4 Å². The Balaban J connectivity index is 1.55. The van der Waals surface area contributed by atoms with Gasteiger partial charge in [-0.3, -0.25) is 4.79 Å². The van der Waals surface area contributed by atoms with Crippen LogP contribution in [0.5, 0.6) is 11.5 Å². The van der Waals surface area contributed by atoms with E-state index in [0.29, 0.717) is 28.2 Å². The topological polar surface area (TPSA) is 52.6 Å². The zero-order valence-electron chi connectivity index (χ0n) is 16.1. The van der Waals surface area contributed by atoms with Gasteiger partial charge >= 0.3 is 5.97 Å². The van der Waals surface area contributed by atoms with Crippen LogP contribution in [-0.4, -0.2) is 18.9 Å². The van der Waals surface area contributed by atoms with Gasteiger partial charge in [-0.05, 0) is 71.4 Å². The summed E-state index contributed by atoms with van der Waals surface area (Å²) in [6, 6.07) is 22.7. The molecule has 0 atom stereocenters. The van der Waals surface area contributed by atoms with Gasteiger partial charge in [-0.1, -0.05) is 24.3 Å². The van der Waals surface area contributed by atoms with E-state index < -0.39 is 11.8 Å². The van der Waals surface area contributed by atoms with Gasteiger partial charge in [0.2, 0.25) is 0 Å². The molecule has 0 radical (unpaired) electrons. The molecule has 0 N–H and O–H groups in total. The quantitative estimate of drug-likeness (QED) is 0.254. The van der Waals surface area contributed by atoms with Gasteiger partial charge in [0.25, 0.3) is 0 Å². The summed E-state index contributed by atoms with van der Waals surface area (Å²) in [5, 5.41) is 1.85. The number of rotatable bonds is 5. The first-order chi connectivity index (χ1) is 14.5. The summed E-state index contributed by atoms with van der Waals surface area (Å²) < 4.78 is 23.9. The minimum Gasteiger partial charge on any atom is -0.496 e. The highest BCUT2D eigenvalue weighted by Crippen LogP contribution is 2.27. The molecule has 0 aromatic heterocycles. The summed E-state index contributed by atoms with van der Waals surface area (Å²) in [6.45, 7) is 0. The van der Waals surface area contributed by atoms with Crippen LogP contribution in [0.25, 0.3) is 10.8 Å². The van der Waals surface area contributed by atoms with Crippen LogP contribution in [0.4, 0.5) is 4.39 Å². The van der Waals surface area contributed by atoms with Gasteiger partial charge < -0.3 is 9.47 Å². The predicted octanol–water partition coefficient (Wildman–Crippen LogP) is 5.44. The number of carbonyl (C=O) groups is 2. The third kappa shape index (κ3) is 3.91. The molecular weight excluding hydrogens is 383 g/mol. The lowest BCUT2D eigenvalue weighted by Gasteiger charge is -2.10. The van der Waals surface area contributed by atoms with E-state index in [-0.39, 0.29) is 5.78 Å². The molecule has 4 nitrogen and oxygen atoms in total. The molecule has 5 heteroatoms. The fraction of sp³-hybridized carbons (Fsp3) is 0.0400. The standard InChI is InChI=1S/C25H17FO4/c1-29-23-15-19-5-3-2-4-18(19)14-22(23)25(28)30-21-12-8-17(9-13-21)24(27)16-6-10-20(26)11-7-16/h2-15H,1H3.